The van der Waals surface area contributed by atoms with E-state index >= 15 is 0 Å². The Balaban J connectivity index is 2.09. The zero-order valence-corrected chi connectivity index (χ0v) is 11.9. The highest BCUT2D eigenvalue weighted by Gasteiger charge is 2.12. The number of amides is 1. The van der Waals surface area contributed by atoms with Crippen molar-refractivity contribution >= 4 is 17.2 Å². The van der Waals surface area contributed by atoms with Crippen molar-refractivity contribution in [3.63, 3.8) is 0 Å². The molecule has 1 aromatic heterocycles. The molecule has 2 N–H and O–H groups in total. The smallest absolute Gasteiger partial charge is 0.261 e. The van der Waals surface area contributed by atoms with E-state index in [1.165, 1.54) is 11.3 Å². The van der Waals surface area contributed by atoms with E-state index in [1.807, 2.05) is 42.6 Å². The van der Waals surface area contributed by atoms with Crippen LogP contribution in [0.25, 0.3) is 0 Å². The zero-order valence-electron chi connectivity index (χ0n) is 11.1. The number of benzene rings is 1. The van der Waals surface area contributed by atoms with Crippen LogP contribution in [0.15, 0.2) is 41.8 Å². The molecule has 0 saturated carbocycles. The topological polar surface area (TPSA) is 49.3 Å². The van der Waals surface area contributed by atoms with Gasteiger partial charge in [0, 0.05) is 5.56 Å². The van der Waals surface area contributed by atoms with Crippen molar-refractivity contribution in [3.8, 4) is 11.8 Å². The molecule has 0 aliphatic heterocycles. The molecule has 0 aliphatic carbocycles. The van der Waals surface area contributed by atoms with Gasteiger partial charge in [0.15, 0.2) is 0 Å². The lowest BCUT2D eigenvalue weighted by Gasteiger charge is -2.14. The van der Waals surface area contributed by atoms with Gasteiger partial charge in [-0.15, -0.1) is 11.3 Å². The zero-order chi connectivity index (χ0) is 14.4. The van der Waals surface area contributed by atoms with Crippen LogP contribution in [0.5, 0.6) is 0 Å². The molecule has 1 atom stereocenters. The quantitative estimate of drug-likeness (QED) is 0.852. The maximum Gasteiger partial charge on any atom is 0.261 e. The third kappa shape index (κ3) is 3.70. The van der Waals surface area contributed by atoms with Crippen molar-refractivity contribution in [1.82, 2.24) is 5.32 Å². The van der Waals surface area contributed by atoms with Crippen LogP contribution in [0.2, 0.25) is 0 Å². The van der Waals surface area contributed by atoms with Crippen LogP contribution in [0.3, 0.4) is 0 Å². The van der Waals surface area contributed by atoms with Gasteiger partial charge in [-0.05, 0) is 36.1 Å². The maximum absolute atomic E-state index is 12.0. The van der Waals surface area contributed by atoms with Gasteiger partial charge in [0.25, 0.3) is 5.91 Å². The SMILES string of the molecule is CC(NC(=O)c1cccs1)c1cccc(C#CCO)c1. The number of carbonyl (C=O) groups excluding carboxylic acids is 1. The maximum atomic E-state index is 12.0. The molecule has 2 aromatic rings. The van der Waals surface area contributed by atoms with Crippen LogP contribution in [0.4, 0.5) is 0 Å². The molecule has 0 aliphatic rings. The standard InChI is InChI=1S/C16H15NO2S/c1-12(17-16(19)15-8-4-10-20-15)14-7-2-5-13(11-14)6-3-9-18/h2,4-5,7-8,10-12,18H,9H2,1H3,(H,17,19). The fraction of sp³-hybridized carbons (Fsp3) is 0.188. The average Bonchev–Trinajstić information content (AvgIpc) is 2.99. The minimum Gasteiger partial charge on any atom is -0.384 e. The predicted molar refractivity (Wildman–Crippen MR) is 80.6 cm³/mol. The number of aliphatic hydroxyl groups is 1. The van der Waals surface area contributed by atoms with Crippen LogP contribution >= 0.6 is 11.3 Å². The molecule has 0 fully saturated rings. The molecule has 0 radical (unpaired) electrons. The minimum absolute atomic E-state index is 0.0701. The second-order valence-corrected chi connectivity index (χ2v) is 5.21. The number of hydrogen-bond acceptors (Lipinski definition) is 3. The van der Waals surface area contributed by atoms with Gasteiger partial charge in [-0.2, -0.15) is 0 Å². The first-order valence-corrected chi connectivity index (χ1v) is 7.12. The van der Waals surface area contributed by atoms with Crippen LogP contribution < -0.4 is 5.32 Å². The van der Waals surface area contributed by atoms with Gasteiger partial charge in [-0.1, -0.05) is 30.0 Å². The fourth-order valence-electron chi connectivity index (χ4n) is 1.79. The molecule has 1 unspecified atom stereocenters. The van der Waals surface area contributed by atoms with Crippen molar-refractivity contribution in [1.29, 1.82) is 0 Å². The first-order chi connectivity index (χ1) is 9.70. The Bertz CT molecular complexity index is 638. The highest BCUT2D eigenvalue weighted by molar-refractivity contribution is 7.12. The fourth-order valence-corrected chi connectivity index (χ4v) is 2.41. The molecule has 0 spiro atoms. The van der Waals surface area contributed by atoms with Crippen LogP contribution in [-0.4, -0.2) is 17.6 Å². The van der Waals surface area contributed by atoms with E-state index < -0.39 is 0 Å². The molecule has 0 saturated heterocycles. The third-order valence-corrected chi connectivity index (χ3v) is 3.66. The molecule has 1 amide bonds. The molecule has 1 aromatic carbocycles. The Morgan fingerprint density at radius 2 is 2.25 bits per heavy atom. The van der Waals surface area contributed by atoms with Gasteiger partial charge in [-0.25, -0.2) is 0 Å². The number of rotatable bonds is 3. The summed E-state index contributed by atoms with van der Waals surface area (Å²) in [5.41, 5.74) is 1.81. The predicted octanol–water partition coefficient (Wildman–Crippen LogP) is 2.58. The monoisotopic (exact) mass is 285 g/mol. The van der Waals surface area contributed by atoms with Crippen molar-refractivity contribution in [2.24, 2.45) is 0 Å². The summed E-state index contributed by atoms with van der Waals surface area (Å²) in [5.74, 6) is 5.40. The largest absolute Gasteiger partial charge is 0.384 e. The molecule has 1 heterocycles. The molecule has 102 valence electrons. The van der Waals surface area contributed by atoms with E-state index in [9.17, 15) is 4.79 Å². The lowest BCUT2D eigenvalue weighted by molar-refractivity contribution is 0.0944. The number of thiophene rings is 1. The first-order valence-electron chi connectivity index (χ1n) is 6.25. The average molecular weight is 285 g/mol. The lowest BCUT2D eigenvalue weighted by atomic mass is 10.1. The summed E-state index contributed by atoms with van der Waals surface area (Å²) in [7, 11) is 0. The lowest BCUT2D eigenvalue weighted by Crippen LogP contribution is -2.25. The third-order valence-electron chi connectivity index (χ3n) is 2.79. The van der Waals surface area contributed by atoms with Gasteiger partial charge in [0.2, 0.25) is 0 Å². The van der Waals surface area contributed by atoms with Crippen LogP contribution in [0.1, 0.15) is 33.8 Å². The van der Waals surface area contributed by atoms with Gasteiger partial charge in [0.05, 0.1) is 10.9 Å². The Morgan fingerprint density at radius 3 is 2.95 bits per heavy atom. The van der Waals surface area contributed by atoms with Crippen molar-refractivity contribution in [2.75, 3.05) is 6.61 Å². The summed E-state index contributed by atoms with van der Waals surface area (Å²) in [4.78, 5) is 12.7. The van der Waals surface area contributed by atoms with Gasteiger partial charge < -0.3 is 10.4 Å². The van der Waals surface area contributed by atoms with Gasteiger partial charge >= 0.3 is 0 Å². The van der Waals surface area contributed by atoms with Crippen molar-refractivity contribution < 1.29 is 9.90 Å². The number of aliphatic hydroxyl groups excluding tert-OH is 1. The normalized spacial score (nSPS) is 11.3. The molecule has 20 heavy (non-hydrogen) atoms. The molecule has 4 heteroatoms. The number of hydrogen-bond donors (Lipinski definition) is 2. The van der Waals surface area contributed by atoms with E-state index in [-0.39, 0.29) is 18.6 Å². The second kappa shape index (κ2) is 6.90. The minimum atomic E-state index is -0.158. The van der Waals surface area contributed by atoms with Crippen molar-refractivity contribution in [3.05, 3.63) is 57.8 Å². The van der Waals surface area contributed by atoms with E-state index in [1.54, 1.807) is 6.07 Å². The van der Waals surface area contributed by atoms with E-state index in [2.05, 4.69) is 17.2 Å². The number of nitrogens with one attached hydrogen (secondary N) is 1. The Labute approximate surface area is 122 Å². The van der Waals surface area contributed by atoms with E-state index in [0.717, 1.165) is 11.1 Å². The molecule has 0 bridgehead atoms. The number of carbonyl (C=O) groups is 1. The second-order valence-electron chi connectivity index (χ2n) is 4.26. The van der Waals surface area contributed by atoms with Gasteiger partial charge in [0.1, 0.15) is 6.61 Å². The summed E-state index contributed by atoms with van der Waals surface area (Å²) >= 11 is 1.42. The van der Waals surface area contributed by atoms with Crippen LogP contribution in [0, 0.1) is 11.8 Å². The Kier molecular flexibility index (Phi) is 4.94. The first kappa shape index (κ1) is 14.3. The van der Waals surface area contributed by atoms with Crippen molar-refractivity contribution in [2.45, 2.75) is 13.0 Å². The highest BCUT2D eigenvalue weighted by atomic mass is 32.1. The van der Waals surface area contributed by atoms with Crippen LogP contribution in [-0.2, 0) is 0 Å². The molecule has 2 rings (SSSR count). The summed E-state index contributed by atoms with van der Waals surface area (Å²) in [6.45, 7) is 1.78. The van der Waals surface area contributed by atoms with Gasteiger partial charge in [-0.3, -0.25) is 4.79 Å². The summed E-state index contributed by atoms with van der Waals surface area (Å²) in [5, 5.41) is 13.5. The molecule has 3 nitrogen and oxygen atoms in total. The summed E-state index contributed by atoms with van der Waals surface area (Å²) in [6.07, 6.45) is 0. The van der Waals surface area contributed by atoms with E-state index in [0.29, 0.717) is 4.88 Å². The molecular weight excluding hydrogens is 270 g/mol. The highest BCUT2D eigenvalue weighted by Crippen LogP contribution is 2.16. The summed E-state index contributed by atoms with van der Waals surface area (Å²) in [6, 6.07) is 11.2. The Hall–Kier alpha value is -2.09. The van der Waals surface area contributed by atoms with E-state index in [4.69, 9.17) is 5.11 Å². The summed E-state index contributed by atoms with van der Waals surface area (Å²) < 4.78 is 0. The molecular formula is C16H15NO2S. The Morgan fingerprint density at radius 1 is 1.40 bits per heavy atom.